The number of carbonyl (C=O) groups excluding carboxylic acids is 1. The number of nitro groups is 1. The maximum atomic E-state index is 15.1. The second-order valence-corrected chi connectivity index (χ2v) is 7.87. The summed E-state index contributed by atoms with van der Waals surface area (Å²) in [5.41, 5.74) is -1.59. The molecule has 1 unspecified atom stereocenters. The highest BCUT2D eigenvalue weighted by atomic mass is 19.1. The van der Waals surface area contributed by atoms with Gasteiger partial charge in [-0.15, -0.1) is 0 Å². The molecule has 3 heterocycles. The number of nitro benzene ring substituents is 1. The lowest BCUT2D eigenvalue weighted by molar-refractivity contribution is -0.560. The van der Waals surface area contributed by atoms with Gasteiger partial charge in [0.05, 0.1) is 17.6 Å². The van der Waals surface area contributed by atoms with E-state index in [0.717, 1.165) is 18.2 Å². The number of hydrogen-bond donors (Lipinski definition) is 1. The van der Waals surface area contributed by atoms with Gasteiger partial charge in [-0.1, -0.05) is 12.1 Å². The summed E-state index contributed by atoms with van der Waals surface area (Å²) >= 11 is 0. The fourth-order valence-electron chi connectivity index (χ4n) is 4.13. The maximum Gasteiger partial charge on any atom is 0.359 e. The SMILES string of the molecule is O=C1C(Cc2ccco2)Nc2cnc(-c3cccc([N+](=O)[O-])c3F)c(Cc3c(F)cccc3F)[n+]21. The number of carbonyl (C=O) groups is 1. The first-order valence-electron chi connectivity index (χ1n) is 10.5. The summed E-state index contributed by atoms with van der Waals surface area (Å²) in [6, 6.07) is 9.42. The maximum absolute atomic E-state index is 15.1. The van der Waals surface area contributed by atoms with Gasteiger partial charge in [-0.25, -0.2) is 18.6 Å². The molecule has 5 rings (SSSR count). The van der Waals surface area contributed by atoms with E-state index in [1.807, 2.05) is 0 Å². The molecule has 0 saturated heterocycles. The van der Waals surface area contributed by atoms with Gasteiger partial charge in [0.25, 0.3) is 0 Å². The average Bonchev–Trinajstić information content (AvgIpc) is 3.45. The minimum atomic E-state index is -1.17. The normalized spacial score (nSPS) is 14.6. The monoisotopic (exact) mass is 481 g/mol. The Hall–Kier alpha value is -4.54. The van der Waals surface area contributed by atoms with Crippen molar-refractivity contribution in [2.45, 2.75) is 18.9 Å². The zero-order valence-corrected chi connectivity index (χ0v) is 17.9. The number of anilines is 1. The standard InChI is InChI=1S/C24H15F3N4O4/c25-16-6-2-7-17(26)15(16)11-20-23(14-5-1-8-19(22(14)27)31(33)34)28-12-21-29-18(24(32)30(20)21)10-13-4-3-9-35-13/h1-9,12,18H,10-11H2/p+1. The number of furan rings is 1. The van der Waals surface area contributed by atoms with Crippen LogP contribution in [0.1, 0.15) is 21.8 Å². The van der Waals surface area contributed by atoms with Gasteiger partial charge in [0, 0.05) is 23.6 Å². The predicted molar refractivity (Wildman–Crippen MR) is 116 cm³/mol. The van der Waals surface area contributed by atoms with E-state index >= 15 is 4.39 Å². The lowest BCUT2D eigenvalue weighted by Gasteiger charge is -2.12. The van der Waals surface area contributed by atoms with Crippen LogP contribution in [0, 0.1) is 27.6 Å². The number of halogens is 3. The van der Waals surface area contributed by atoms with E-state index in [1.54, 1.807) is 12.1 Å². The fourth-order valence-corrected chi connectivity index (χ4v) is 4.13. The van der Waals surface area contributed by atoms with E-state index in [4.69, 9.17) is 4.42 Å². The van der Waals surface area contributed by atoms with Crippen LogP contribution in [0.3, 0.4) is 0 Å². The van der Waals surface area contributed by atoms with Gasteiger partial charge in [-0.05, 0) is 30.3 Å². The number of hydrogen-bond acceptors (Lipinski definition) is 6. The summed E-state index contributed by atoms with van der Waals surface area (Å²) in [6.45, 7) is 0. The molecule has 0 fully saturated rings. The number of benzene rings is 2. The highest BCUT2D eigenvalue weighted by Gasteiger charge is 2.42. The topological polar surface area (TPSA) is 102 Å². The van der Waals surface area contributed by atoms with E-state index in [1.165, 1.54) is 35.2 Å². The van der Waals surface area contributed by atoms with Crippen molar-refractivity contribution in [1.29, 1.82) is 0 Å². The second kappa shape index (κ2) is 8.67. The summed E-state index contributed by atoms with van der Waals surface area (Å²) in [4.78, 5) is 28.0. The lowest BCUT2D eigenvalue weighted by atomic mass is 10.0. The number of nitrogens with one attached hydrogen (secondary N) is 1. The molecule has 0 aliphatic carbocycles. The highest BCUT2D eigenvalue weighted by molar-refractivity contribution is 5.82. The molecule has 0 spiro atoms. The molecule has 0 bridgehead atoms. The zero-order chi connectivity index (χ0) is 24.7. The third kappa shape index (κ3) is 3.90. The van der Waals surface area contributed by atoms with Crippen molar-refractivity contribution in [3.63, 3.8) is 0 Å². The fraction of sp³-hybridized carbons (Fsp3) is 0.125. The Kier molecular flexibility index (Phi) is 5.51. The molecule has 1 N–H and O–H groups in total. The van der Waals surface area contributed by atoms with Crippen LogP contribution in [0.5, 0.6) is 0 Å². The van der Waals surface area contributed by atoms with Gasteiger partial charge in [0.2, 0.25) is 11.9 Å². The Morgan fingerprint density at radius 2 is 1.83 bits per heavy atom. The summed E-state index contributed by atoms with van der Waals surface area (Å²) in [6.07, 6.45) is 2.46. The van der Waals surface area contributed by atoms with Gasteiger partial charge >= 0.3 is 17.4 Å². The van der Waals surface area contributed by atoms with Crippen LogP contribution < -0.4 is 9.88 Å². The Labute approximate surface area is 195 Å². The Morgan fingerprint density at radius 1 is 1.09 bits per heavy atom. The molecule has 0 radical (unpaired) electrons. The molecule has 1 atom stereocenters. The molecular formula is C24H16F3N4O4+. The Morgan fingerprint density at radius 3 is 2.51 bits per heavy atom. The zero-order valence-electron chi connectivity index (χ0n) is 17.9. The number of rotatable bonds is 6. The van der Waals surface area contributed by atoms with Crippen molar-refractivity contribution in [1.82, 2.24) is 4.98 Å². The Bertz CT molecular complexity index is 1450. The molecule has 2 aromatic carbocycles. The van der Waals surface area contributed by atoms with Crippen molar-refractivity contribution in [3.05, 3.63) is 106 Å². The van der Waals surface area contributed by atoms with Crippen molar-refractivity contribution >= 4 is 17.4 Å². The number of fused-ring (bicyclic) bond motifs is 1. The molecule has 0 saturated carbocycles. The first kappa shape index (κ1) is 22.3. The van der Waals surface area contributed by atoms with Crippen LogP contribution in [-0.2, 0) is 12.8 Å². The van der Waals surface area contributed by atoms with Gasteiger partial charge in [-0.3, -0.25) is 15.4 Å². The molecule has 1 aliphatic heterocycles. The summed E-state index contributed by atoms with van der Waals surface area (Å²) in [7, 11) is 0. The van der Waals surface area contributed by atoms with E-state index in [0.29, 0.717) is 5.76 Å². The molecule has 4 aromatic rings. The van der Waals surface area contributed by atoms with E-state index < -0.39 is 46.4 Å². The third-order valence-corrected chi connectivity index (χ3v) is 5.76. The van der Waals surface area contributed by atoms with Gasteiger partial charge < -0.3 is 4.42 Å². The largest absolute Gasteiger partial charge is 0.469 e. The minimum absolute atomic E-state index is 0.0228. The van der Waals surface area contributed by atoms with Crippen LogP contribution in [0.15, 0.2) is 65.4 Å². The van der Waals surface area contributed by atoms with Gasteiger partial charge in [0.15, 0.2) is 0 Å². The van der Waals surface area contributed by atoms with E-state index in [2.05, 4.69) is 10.3 Å². The molecule has 11 heteroatoms. The highest BCUT2D eigenvalue weighted by Crippen LogP contribution is 2.32. The Balaban J connectivity index is 1.69. The quantitative estimate of drug-likeness (QED) is 0.251. The van der Waals surface area contributed by atoms with Crippen LogP contribution in [0.25, 0.3) is 11.3 Å². The number of aromatic nitrogens is 2. The predicted octanol–water partition coefficient (Wildman–Crippen LogP) is 4.22. The lowest BCUT2D eigenvalue weighted by Crippen LogP contribution is -2.47. The summed E-state index contributed by atoms with van der Waals surface area (Å²) in [5, 5.41) is 14.3. The molecule has 0 amide bonds. The van der Waals surface area contributed by atoms with Gasteiger partial charge in [-0.2, -0.15) is 8.96 Å². The second-order valence-electron chi connectivity index (χ2n) is 7.87. The molecular weight excluding hydrogens is 465 g/mol. The molecule has 1 aliphatic rings. The van der Waals surface area contributed by atoms with Crippen LogP contribution in [0.4, 0.5) is 24.7 Å². The molecule has 2 aromatic heterocycles. The van der Waals surface area contributed by atoms with Crippen molar-refractivity contribution < 1.29 is 31.9 Å². The summed E-state index contributed by atoms with van der Waals surface area (Å²) in [5.74, 6) is -2.61. The van der Waals surface area contributed by atoms with E-state index in [9.17, 15) is 23.7 Å². The molecule has 176 valence electrons. The molecule has 8 nitrogen and oxygen atoms in total. The third-order valence-electron chi connectivity index (χ3n) is 5.76. The van der Waals surface area contributed by atoms with Crippen molar-refractivity contribution in [2.24, 2.45) is 0 Å². The van der Waals surface area contributed by atoms with Crippen LogP contribution in [0.2, 0.25) is 0 Å². The van der Waals surface area contributed by atoms with Crippen molar-refractivity contribution in [3.8, 4) is 11.3 Å². The summed E-state index contributed by atoms with van der Waals surface area (Å²) < 4.78 is 50.7. The van der Waals surface area contributed by atoms with Crippen molar-refractivity contribution in [2.75, 3.05) is 5.32 Å². The first-order valence-corrected chi connectivity index (χ1v) is 10.5. The first-order chi connectivity index (χ1) is 16.8. The smallest absolute Gasteiger partial charge is 0.359 e. The van der Waals surface area contributed by atoms with Gasteiger partial charge in [0.1, 0.15) is 35.0 Å². The van der Waals surface area contributed by atoms with E-state index in [-0.39, 0.29) is 34.8 Å². The average molecular weight is 481 g/mol. The minimum Gasteiger partial charge on any atom is -0.469 e. The van der Waals surface area contributed by atoms with Crippen LogP contribution in [-0.4, -0.2) is 21.9 Å². The molecule has 35 heavy (non-hydrogen) atoms. The van der Waals surface area contributed by atoms with Crippen LogP contribution >= 0.6 is 0 Å². The number of nitrogens with zero attached hydrogens (tertiary/aromatic N) is 3.